The summed E-state index contributed by atoms with van der Waals surface area (Å²) in [4.78, 5) is 2.53. The van der Waals surface area contributed by atoms with Gasteiger partial charge in [0.25, 0.3) is 0 Å². The Morgan fingerprint density at radius 1 is 0.714 bits per heavy atom. The highest BCUT2D eigenvalue weighted by atomic mass is 15.1. The first kappa shape index (κ1) is 14.0. The van der Waals surface area contributed by atoms with Gasteiger partial charge in [-0.1, -0.05) is 36.8 Å². The molecule has 0 bridgehead atoms. The van der Waals surface area contributed by atoms with Gasteiger partial charge in [0, 0.05) is 6.54 Å². The molecular weight excluding hydrogens is 258 g/mol. The first-order chi connectivity index (χ1) is 10.4. The molecule has 0 radical (unpaired) electrons. The van der Waals surface area contributed by atoms with Gasteiger partial charge in [0.2, 0.25) is 0 Å². The van der Waals surface area contributed by atoms with E-state index in [2.05, 4.69) is 27.3 Å². The van der Waals surface area contributed by atoms with Gasteiger partial charge >= 0.3 is 0 Å². The van der Waals surface area contributed by atoms with E-state index in [9.17, 15) is 0 Å². The van der Waals surface area contributed by atoms with Crippen molar-refractivity contribution in [2.24, 2.45) is 10.2 Å². The highest BCUT2D eigenvalue weighted by molar-refractivity contribution is 5.40. The van der Waals surface area contributed by atoms with Crippen LogP contribution < -0.4 is 0 Å². The van der Waals surface area contributed by atoms with E-state index in [-0.39, 0.29) is 0 Å². The second-order valence-electron chi connectivity index (χ2n) is 5.54. The molecule has 1 aliphatic rings. The summed E-state index contributed by atoms with van der Waals surface area (Å²) in [5, 5.41) is 8.51. The third-order valence-corrected chi connectivity index (χ3v) is 3.83. The van der Waals surface area contributed by atoms with Crippen molar-refractivity contribution in [3.05, 3.63) is 60.2 Å². The van der Waals surface area contributed by atoms with Gasteiger partial charge in [0.1, 0.15) is 0 Å². The van der Waals surface area contributed by atoms with Crippen LogP contribution in [0.3, 0.4) is 0 Å². The summed E-state index contributed by atoms with van der Waals surface area (Å²) in [6.07, 6.45) is 4.06. The molecule has 1 fully saturated rings. The number of hydrogen-bond donors (Lipinski definition) is 0. The molecule has 108 valence electrons. The number of hydrogen-bond acceptors (Lipinski definition) is 3. The Balaban J connectivity index is 1.60. The summed E-state index contributed by atoms with van der Waals surface area (Å²) in [5.74, 6) is 0. The number of rotatable bonds is 4. The van der Waals surface area contributed by atoms with E-state index in [4.69, 9.17) is 0 Å². The molecule has 21 heavy (non-hydrogen) atoms. The lowest BCUT2D eigenvalue weighted by atomic mass is 10.1. The summed E-state index contributed by atoms with van der Waals surface area (Å²) in [6, 6.07) is 18.2. The molecule has 2 aromatic rings. The number of nitrogens with zero attached hydrogens (tertiary/aromatic N) is 3. The van der Waals surface area contributed by atoms with Crippen molar-refractivity contribution in [3.8, 4) is 0 Å². The van der Waals surface area contributed by atoms with E-state index in [1.54, 1.807) is 0 Å². The number of piperidine rings is 1. The quantitative estimate of drug-likeness (QED) is 0.716. The van der Waals surface area contributed by atoms with Crippen LogP contribution in [-0.2, 0) is 6.54 Å². The van der Waals surface area contributed by atoms with Crippen molar-refractivity contribution in [1.82, 2.24) is 4.90 Å². The highest BCUT2D eigenvalue weighted by Gasteiger charge is 2.09. The third-order valence-electron chi connectivity index (χ3n) is 3.83. The normalized spacial score (nSPS) is 16.4. The average Bonchev–Trinajstić information content (AvgIpc) is 2.56. The van der Waals surface area contributed by atoms with Gasteiger partial charge in [-0.25, -0.2) is 0 Å². The van der Waals surface area contributed by atoms with Crippen LogP contribution >= 0.6 is 0 Å². The molecule has 1 heterocycles. The van der Waals surface area contributed by atoms with Gasteiger partial charge in [-0.05, 0) is 55.8 Å². The molecule has 0 atom stereocenters. The smallest absolute Gasteiger partial charge is 0.0857 e. The average molecular weight is 279 g/mol. The van der Waals surface area contributed by atoms with E-state index >= 15 is 0 Å². The van der Waals surface area contributed by atoms with Gasteiger partial charge in [-0.2, -0.15) is 10.2 Å². The summed E-state index contributed by atoms with van der Waals surface area (Å²) in [5.41, 5.74) is 3.15. The van der Waals surface area contributed by atoms with Crippen LogP contribution in [0.5, 0.6) is 0 Å². The summed E-state index contributed by atoms with van der Waals surface area (Å²) < 4.78 is 0. The van der Waals surface area contributed by atoms with Crippen molar-refractivity contribution in [3.63, 3.8) is 0 Å². The fraction of sp³-hybridized carbons (Fsp3) is 0.333. The van der Waals surface area contributed by atoms with E-state index < -0.39 is 0 Å². The molecule has 0 unspecified atom stereocenters. The molecule has 3 rings (SSSR count). The van der Waals surface area contributed by atoms with Crippen LogP contribution in [0.4, 0.5) is 11.4 Å². The predicted molar refractivity (Wildman–Crippen MR) is 86.2 cm³/mol. The predicted octanol–water partition coefficient (Wildman–Crippen LogP) is 5.09. The standard InChI is InChI=1S/C18H21N3/c1-3-7-17(8-4-1)19-20-18-11-9-16(10-12-18)15-21-13-5-2-6-14-21/h1,3-4,7-12H,2,5-6,13-15H2. The van der Waals surface area contributed by atoms with Crippen molar-refractivity contribution in [2.45, 2.75) is 25.8 Å². The number of likely N-dealkylation sites (tertiary alicyclic amines) is 1. The van der Waals surface area contributed by atoms with E-state index in [0.29, 0.717) is 0 Å². The summed E-state index contributed by atoms with van der Waals surface area (Å²) >= 11 is 0. The molecule has 0 amide bonds. The minimum absolute atomic E-state index is 0.884. The molecular formula is C18H21N3. The van der Waals surface area contributed by atoms with Crippen molar-refractivity contribution < 1.29 is 0 Å². The molecule has 2 aromatic carbocycles. The lowest BCUT2D eigenvalue weighted by Gasteiger charge is -2.26. The highest BCUT2D eigenvalue weighted by Crippen LogP contribution is 2.19. The molecule has 0 N–H and O–H groups in total. The van der Waals surface area contributed by atoms with Crippen LogP contribution in [0, 0.1) is 0 Å². The zero-order chi connectivity index (χ0) is 14.3. The largest absolute Gasteiger partial charge is 0.299 e. The maximum atomic E-state index is 4.28. The molecule has 3 nitrogen and oxygen atoms in total. The van der Waals surface area contributed by atoms with Gasteiger partial charge in [-0.15, -0.1) is 0 Å². The molecule has 0 spiro atoms. The maximum Gasteiger partial charge on any atom is 0.0857 e. The monoisotopic (exact) mass is 279 g/mol. The van der Waals surface area contributed by atoms with Crippen LogP contribution in [-0.4, -0.2) is 18.0 Å². The van der Waals surface area contributed by atoms with Gasteiger partial charge < -0.3 is 0 Å². The second kappa shape index (κ2) is 7.14. The molecule has 0 aromatic heterocycles. The van der Waals surface area contributed by atoms with Crippen LogP contribution in [0.25, 0.3) is 0 Å². The van der Waals surface area contributed by atoms with Gasteiger partial charge in [-0.3, -0.25) is 4.90 Å². The van der Waals surface area contributed by atoms with Crippen LogP contribution in [0.1, 0.15) is 24.8 Å². The third kappa shape index (κ3) is 4.23. The van der Waals surface area contributed by atoms with Crippen molar-refractivity contribution in [2.75, 3.05) is 13.1 Å². The van der Waals surface area contributed by atoms with E-state index in [1.165, 1.54) is 37.9 Å². The Bertz CT molecular complexity index is 569. The molecule has 1 aliphatic heterocycles. The molecule has 0 aliphatic carbocycles. The first-order valence-corrected chi connectivity index (χ1v) is 7.68. The van der Waals surface area contributed by atoms with E-state index in [0.717, 1.165) is 17.9 Å². The lowest BCUT2D eigenvalue weighted by molar-refractivity contribution is 0.221. The van der Waals surface area contributed by atoms with Gasteiger partial charge in [0.05, 0.1) is 11.4 Å². The zero-order valence-corrected chi connectivity index (χ0v) is 12.3. The van der Waals surface area contributed by atoms with Crippen LogP contribution in [0.15, 0.2) is 64.8 Å². The van der Waals surface area contributed by atoms with Crippen molar-refractivity contribution >= 4 is 11.4 Å². The summed E-state index contributed by atoms with van der Waals surface area (Å²) in [6.45, 7) is 3.51. The topological polar surface area (TPSA) is 28.0 Å². The minimum Gasteiger partial charge on any atom is -0.299 e. The first-order valence-electron chi connectivity index (χ1n) is 7.68. The Hall–Kier alpha value is -2.00. The summed E-state index contributed by atoms with van der Waals surface area (Å²) in [7, 11) is 0. The van der Waals surface area contributed by atoms with Gasteiger partial charge in [0.15, 0.2) is 0 Å². The van der Waals surface area contributed by atoms with Crippen LogP contribution in [0.2, 0.25) is 0 Å². The Morgan fingerprint density at radius 2 is 1.33 bits per heavy atom. The Kier molecular flexibility index (Phi) is 4.74. The number of benzene rings is 2. The lowest BCUT2D eigenvalue weighted by Crippen LogP contribution is -2.28. The Labute approximate surface area is 126 Å². The molecule has 0 saturated carbocycles. The fourth-order valence-electron chi connectivity index (χ4n) is 2.65. The maximum absolute atomic E-state index is 4.28. The fourth-order valence-corrected chi connectivity index (χ4v) is 2.65. The van der Waals surface area contributed by atoms with Crippen molar-refractivity contribution in [1.29, 1.82) is 0 Å². The van der Waals surface area contributed by atoms with E-state index in [1.807, 2.05) is 42.5 Å². The molecule has 1 saturated heterocycles. The SMILES string of the molecule is c1ccc(N=Nc2ccc(CN3CCCCC3)cc2)cc1. The Morgan fingerprint density at radius 3 is 2.00 bits per heavy atom. The second-order valence-corrected chi connectivity index (χ2v) is 5.54. The zero-order valence-electron chi connectivity index (χ0n) is 12.3. The minimum atomic E-state index is 0.884. The molecule has 3 heteroatoms. The number of azo groups is 1.